The van der Waals surface area contributed by atoms with E-state index in [9.17, 15) is 9.59 Å². The summed E-state index contributed by atoms with van der Waals surface area (Å²) in [6.07, 6.45) is -1.52. The first kappa shape index (κ1) is 15.9. The van der Waals surface area contributed by atoms with Crippen molar-refractivity contribution in [1.29, 1.82) is 0 Å². The summed E-state index contributed by atoms with van der Waals surface area (Å²) >= 11 is 6.59. The number of halogens is 2. The van der Waals surface area contributed by atoms with E-state index in [2.05, 4.69) is 42.5 Å². The second-order valence-electron chi connectivity index (χ2n) is 3.65. The molecule has 1 atom stereocenters. The Hall–Kier alpha value is -1.12. The average Bonchev–Trinajstić information content (AvgIpc) is 2.32. The minimum absolute atomic E-state index is 0.0513. The van der Waals surface area contributed by atoms with Gasteiger partial charge in [0.1, 0.15) is 0 Å². The zero-order valence-corrected chi connectivity index (χ0v) is 12.9. The summed E-state index contributed by atoms with van der Waals surface area (Å²) in [5, 5.41) is 22.5. The lowest BCUT2D eigenvalue weighted by Gasteiger charge is -2.10. The van der Waals surface area contributed by atoms with Gasteiger partial charge >= 0.3 is 12.0 Å². The molecule has 19 heavy (non-hydrogen) atoms. The molecule has 1 aromatic rings. The van der Waals surface area contributed by atoms with Gasteiger partial charge in [-0.25, -0.2) is 9.59 Å². The number of hydrogen-bond donors (Lipinski definition) is 4. The van der Waals surface area contributed by atoms with Crippen LogP contribution in [-0.2, 0) is 4.79 Å². The number of urea groups is 1. The van der Waals surface area contributed by atoms with E-state index in [4.69, 9.17) is 10.2 Å². The Morgan fingerprint density at radius 2 is 2.00 bits per heavy atom. The van der Waals surface area contributed by atoms with Crippen molar-refractivity contribution in [2.75, 3.05) is 11.9 Å². The first-order valence-corrected chi connectivity index (χ1v) is 6.89. The smallest absolute Gasteiger partial charge is 0.332 e. The molecule has 0 aliphatic carbocycles. The number of carbonyl (C=O) groups excluding carboxylic acids is 1. The summed E-state index contributed by atoms with van der Waals surface area (Å²) < 4.78 is 1.58. The summed E-state index contributed by atoms with van der Waals surface area (Å²) in [6.45, 7) is 0.0629. The highest BCUT2D eigenvalue weighted by atomic mass is 79.9. The fraction of sp³-hybridized carbons (Fsp3) is 0.273. The summed E-state index contributed by atoms with van der Waals surface area (Å²) in [5.41, 5.74) is 0.583. The molecule has 0 aliphatic heterocycles. The van der Waals surface area contributed by atoms with Crippen molar-refractivity contribution in [3.8, 4) is 0 Å². The molecule has 1 aromatic carbocycles. The van der Waals surface area contributed by atoms with Crippen molar-refractivity contribution in [3.63, 3.8) is 0 Å². The molecule has 0 bridgehead atoms. The highest BCUT2D eigenvalue weighted by molar-refractivity contribution is 9.11. The lowest BCUT2D eigenvalue weighted by atomic mass is 10.2. The van der Waals surface area contributed by atoms with Crippen LogP contribution in [0.15, 0.2) is 27.1 Å². The van der Waals surface area contributed by atoms with E-state index in [1.54, 1.807) is 18.2 Å². The van der Waals surface area contributed by atoms with E-state index >= 15 is 0 Å². The third-order valence-electron chi connectivity index (χ3n) is 2.17. The Morgan fingerprint density at radius 3 is 2.58 bits per heavy atom. The molecule has 0 aromatic heterocycles. The van der Waals surface area contributed by atoms with Crippen LogP contribution in [0.1, 0.15) is 6.42 Å². The maximum absolute atomic E-state index is 11.5. The highest BCUT2D eigenvalue weighted by Gasteiger charge is 2.13. The number of carbonyl (C=O) groups is 2. The Balaban J connectivity index is 2.41. The van der Waals surface area contributed by atoms with Crippen LogP contribution in [0.5, 0.6) is 0 Å². The number of benzene rings is 1. The molecule has 1 rings (SSSR count). The van der Waals surface area contributed by atoms with E-state index in [-0.39, 0.29) is 13.0 Å². The Kier molecular flexibility index (Phi) is 6.26. The predicted molar refractivity (Wildman–Crippen MR) is 77.1 cm³/mol. The van der Waals surface area contributed by atoms with Gasteiger partial charge in [0.2, 0.25) is 0 Å². The van der Waals surface area contributed by atoms with Gasteiger partial charge in [-0.1, -0.05) is 15.9 Å². The molecular formula is C11H12Br2N2O4. The topological polar surface area (TPSA) is 98.7 Å². The van der Waals surface area contributed by atoms with Crippen LogP contribution in [0.2, 0.25) is 0 Å². The van der Waals surface area contributed by atoms with Gasteiger partial charge in [0, 0.05) is 21.9 Å². The third kappa shape index (κ3) is 5.58. The van der Waals surface area contributed by atoms with Crippen molar-refractivity contribution < 1.29 is 19.8 Å². The van der Waals surface area contributed by atoms with Gasteiger partial charge in [-0.05, 0) is 34.1 Å². The predicted octanol–water partition coefficient (Wildman–Crippen LogP) is 2.17. The van der Waals surface area contributed by atoms with Crippen molar-refractivity contribution in [2.24, 2.45) is 0 Å². The van der Waals surface area contributed by atoms with Crippen LogP contribution in [0.25, 0.3) is 0 Å². The van der Waals surface area contributed by atoms with Crippen molar-refractivity contribution >= 4 is 49.5 Å². The molecular weight excluding hydrogens is 384 g/mol. The monoisotopic (exact) mass is 394 g/mol. The molecule has 0 unspecified atom stereocenters. The second-order valence-corrected chi connectivity index (χ2v) is 5.42. The SMILES string of the molecule is O=C(NCC[C@H](O)C(=O)O)Nc1ccc(Br)cc1Br. The van der Waals surface area contributed by atoms with E-state index in [0.717, 1.165) is 4.47 Å². The maximum atomic E-state index is 11.5. The number of carboxylic acid groups (broad SMARTS) is 1. The largest absolute Gasteiger partial charge is 0.479 e. The van der Waals surface area contributed by atoms with Crippen molar-refractivity contribution in [3.05, 3.63) is 27.1 Å². The van der Waals surface area contributed by atoms with Gasteiger partial charge in [0.15, 0.2) is 6.10 Å². The Morgan fingerprint density at radius 1 is 1.32 bits per heavy atom. The highest BCUT2D eigenvalue weighted by Crippen LogP contribution is 2.25. The van der Waals surface area contributed by atoms with E-state index in [0.29, 0.717) is 10.2 Å². The van der Waals surface area contributed by atoms with Crippen molar-refractivity contribution in [2.45, 2.75) is 12.5 Å². The maximum Gasteiger partial charge on any atom is 0.332 e. The molecule has 6 nitrogen and oxygen atoms in total. The fourth-order valence-electron chi connectivity index (χ4n) is 1.20. The molecule has 0 heterocycles. The molecule has 2 amide bonds. The molecule has 0 spiro atoms. The summed E-state index contributed by atoms with van der Waals surface area (Å²) in [6, 6.07) is 4.79. The third-order valence-corrected chi connectivity index (χ3v) is 3.32. The first-order chi connectivity index (χ1) is 8.90. The van der Waals surface area contributed by atoms with Crippen LogP contribution < -0.4 is 10.6 Å². The number of rotatable bonds is 5. The number of amides is 2. The zero-order chi connectivity index (χ0) is 14.4. The number of anilines is 1. The van der Waals surface area contributed by atoms with Gasteiger partial charge in [-0.2, -0.15) is 0 Å². The van der Waals surface area contributed by atoms with Crippen molar-refractivity contribution in [1.82, 2.24) is 5.32 Å². The molecule has 8 heteroatoms. The minimum atomic E-state index is -1.47. The Labute approximate surface area is 126 Å². The molecule has 0 saturated heterocycles. The standard InChI is InChI=1S/C11H12Br2N2O4/c12-6-1-2-8(7(13)5-6)15-11(19)14-4-3-9(16)10(17)18/h1-2,5,9,16H,3-4H2,(H,17,18)(H2,14,15,19)/t9-/m0/s1. The van der Waals surface area contributed by atoms with Gasteiger partial charge in [-0.15, -0.1) is 0 Å². The number of carboxylic acids is 1. The molecule has 0 radical (unpaired) electrons. The molecule has 0 fully saturated rings. The lowest BCUT2D eigenvalue weighted by Crippen LogP contribution is -2.33. The number of nitrogens with one attached hydrogen (secondary N) is 2. The second kappa shape index (κ2) is 7.46. The molecule has 0 aliphatic rings. The van der Waals surface area contributed by atoms with Gasteiger partial charge in [0.25, 0.3) is 0 Å². The van der Waals surface area contributed by atoms with E-state index in [1.165, 1.54) is 0 Å². The fourth-order valence-corrected chi connectivity index (χ4v) is 2.35. The number of aliphatic hydroxyl groups is 1. The minimum Gasteiger partial charge on any atom is -0.479 e. The van der Waals surface area contributed by atoms with Crippen LogP contribution >= 0.6 is 31.9 Å². The Bertz CT molecular complexity index is 482. The van der Waals surface area contributed by atoms with Crippen LogP contribution in [0.4, 0.5) is 10.5 Å². The number of aliphatic carboxylic acids is 1. The molecule has 4 N–H and O–H groups in total. The van der Waals surface area contributed by atoms with Crippen LogP contribution in [-0.4, -0.2) is 34.9 Å². The lowest BCUT2D eigenvalue weighted by molar-refractivity contribution is -0.146. The van der Waals surface area contributed by atoms with Crippen LogP contribution in [0, 0.1) is 0 Å². The normalized spacial score (nSPS) is 11.7. The first-order valence-electron chi connectivity index (χ1n) is 5.31. The van der Waals surface area contributed by atoms with Crippen LogP contribution in [0.3, 0.4) is 0 Å². The summed E-state index contributed by atoms with van der Waals surface area (Å²) in [4.78, 5) is 21.9. The summed E-state index contributed by atoms with van der Waals surface area (Å²) in [7, 11) is 0. The number of hydrogen-bond acceptors (Lipinski definition) is 3. The quantitative estimate of drug-likeness (QED) is 0.613. The van der Waals surface area contributed by atoms with E-state index < -0.39 is 18.1 Å². The van der Waals surface area contributed by atoms with Gasteiger partial charge in [-0.3, -0.25) is 0 Å². The molecule has 0 saturated carbocycles. The van der Waals surface area contributed by atoms with Gasteiger partial charge in [0.05, 0.1) is 5.69 Å². The summed E-state index contributed by atoms with van der Waals surface area (Å²) in [5.74, 6) is -1.31. The number of aliphatic hydroxyl groups excluding tert-OH is 1. The zero-order valence-electron chi connectivity index (χ0n) is 9.69. The molecule has 104 valence electrons. The van der Waals surface area contributed by atoms with Gasteiger partial charge < -0.3 is 20.8 Å². The van der Waals surface area contributed by atoms with E-state index in [1.807, 2.05) is 0 Å². The average molecular weight is 396 g/mol.